The number of fused-ring (bicyclic) bond motifs is 1. The van der Waals surface area contributed by atoms with Gasteiger partial charge < -0.3 is 10.3 Å². The van der Waals surface area contributed by atoms with E-state index in [1.165, 1.54) is 22.3 Å². The molecule has 0 atom stereocenters. The van der Waals surface area contributed by atoms with Crippen LogP contribution in [0.1, 0.15) is 10.5 Å². The summed E-state index contributed by atoms with van der Waals surface area (Å²) in [5.74, 6) is -1.03. The molecule has 24 heavy (non-hydrogen) atoms. The number of rotatable bonds is 5. The second-order valence-electron chi connectivity index (χ2n) is 4.37. The molecule has 0 aliphatic heterocycles. The van der Waals surface area contributed by atoms with Gasteiger partial charge >= 0.3 is 0 Å². The van der Waals surface area contributed by atoms with Crippen LogP contribution in [0.3, 0.4) is 0 Å². The summed E-state index contributed by atoms with van der Waals surface area (Å²) in [6, 6.07) is 4.81. The second kappa shape index (κ2) is 5.59. The SMILES string of the molecule is NC(=O)c1cc(S(=O)(=O)NS(=O)(=O)c2cccc3nsnc23)on1. The Morgan fingerprint density at radius 2 is 1.92 bits per heavy atom. The van der Waals surface area contributed by atoms with E-state index >= 15 is 0 Å². The minimum Gasteiger partial charge on any atom is -0.364 e. The van der Waals surface area contributed by atoms with Crippen molar-refractivity contribution in [3.63, 3.8) is 0 Å². The lowest BCUT2D eigenvalue weighted by atomic mass is 10.3. The van der Waals surface area contributed by atoms with E-state index in [9.17, 15) is 21.6 Å². The van der Waals surface area contributed by atoms with Gasteiger partial charge in [-0.25, -0.2) is 16.8 Å². The Morgan fingerprint density at radius 3 is 2.58 bits per heavy atom. The highest BCUT2D eigenvalue weighted by molar-refractivity contribution is 8.04. The highest BCUT2D eigenvalue weighted by Crippen LogP contribution is 2.22. The Kier molecular flexibility index (Phi) is 3.83. The Labute approximate surface area is 138 Å². The normalized spacial score (nSPS) is 12.5. The minimum absolute atomic E-state index is 0.0283. The molecule has 1 aromatic carbocycles. The maximum absolute atomic E-state index is 12.4. The van der Waals surface area contributed by atoms with Crippen molar-refractivity contribution in [1.29, 1.82) is 0 Å². The third-order valence-corrected chi connectivity index (χ3v) is 6.69. The number of sulfonamides is 2. The topological polar surface area (TPSA) is 175 Å². The molecule has 0 aliphatic rings. The van der Waals surface area contributed by atoms with Crippen LogP contribution in [0.25, 0.3) is 11.0 Å². The van der Waals surface area contributed by atoms with E-state index in [-0.39, 0.29) is 10.4 Å². The maximum Gasteiger partial charge on any atom is 0.290 e. The average Bonchev–Trinajstić information content (AvgIpc) is 3.15. The number of hydrogen-bond acceptors (Lipinski definition) is 10. The second-order valence-corrected chi connectivity index (χ2v) is 8.42. The molecule has 14 heteroatoms. The van der Waals surface area contributed by atoms with Gasteiger partial charge in [-0.3, -0.25) is 4.79 Å². The summed E-state index contributed by atoms with van der Waals surface area (Å²) in [6.45, 7) is 0. The summed E-state index contributed by atoms with van der Waals surface area (Å²) < 4.78 is 62.6. The highest BCUT2D eigenvalue weighted by Gasteiger charge is 2.30. The van der Waals surface area contributed by atoms with Crippen molar-refractivity contribution in [1.82, 2.24) is 18.0 Å². The average molecular weight is 389 g/mol. The zero-order valence-corrected chi connectivity index (χ0v) is 13.9. The van der Waals surface area contributed by atoms with Gasteiger partial charge in [0.25, 0.3) is 31.0 Å². The van der Waals surface area contributed by atoms with Crippen LogP contribution in [-0.2, 0) is 20.0 Å². The summed E-state index contributed by atoms with van der Waals surface area (Å²) >= 11 is 0.782. The van der Waals surface area contributed by atoms with Crippen molar-refractivity contribution in [2.24, 2.45) is 5.73 Å². The minimum atomic E-state index is -4.65. The zero-order valence-electron chi connectivity index (χ0n) is 11.4. The molecule has 0 saturated carbocycles. The Balaban J connectivity index is 2.02. The first-order valence-corrected chi connectivity index (χ1v) is 9.67. The van der Waals surface area contributed by atoms with Crippen molar-refractivity contribution in [2.75, 3.05) is 0 Å². The summed E-state index contributed by atoms with van der Waals surface area (Å²) in [7, 11) is -9.16. The van der Waals surface area contributed by atoms with Crippen LogP contribution in [0.5, 0.6) is 0 Å². The first-order chi connectivity index (χ1) is 11.2. The molecule has 2 aromatic heterocycles. The highest BCUT2D eigenvalue weighted by atomic mass is 32.3. The van der Waals surface area contributed by atoms with Crippen LogP contribution < -0.4 is 9.86 Å². The number of carbonyl (C=O) groups is 1. The molecule has 126 valence electrons. The van der Waals surface area contributed by atoms with Crippen molar-refractivity contribution >= 4 is 48.7 Å². The molecular weight excluding hydrogens is 382 g/mol. The molecule has 0 fully saturated rings. The van der Waals surface area contributed by atoms with E-state index < -0.39 is 36.7 Å². The number of nitrogens with one attached hydrogen (secondary N) is 1. The van der Waals surface area contributed by atoms with Gasteiger partial charge in [-0.2, -0.15) is 8.75 Å². The van der Waals surface area contributed by atoms with Gasteiger partial charge in [-0.05, 0) is 12.1 Å². The monoisotopic (exact) mass is 389 g/mol. The van der Waals surface area contributed by atoms with E-state index in [2.05, 4.69) is 18.4 Å². The molecule has 3 aromatic rings. The fourth-order valence-corrected chi connectivity index (χ4v) is 5.25. The number of benzene rings is 1. The van der Waals surface area contributed by atoms with Crippen LogP contribution in [0.2, 0.25) is 0 Å². The van der Waals surface area contributed by atoms with E-state index in [1.807, 2.05) is 0 Å². The van der Waals surface area contributed by atoms with Gasteiger partial charge in [0.1, 0.15) is 15.9 Å². The van der Waals surface area contributed by atoms with Crippen LogP contribution in [-0.4, -0.2) is 36.6 Å². The van der Waals surface area contributed by atoms with Crippen LogP contribution in [0.15, 0.2) is 38.8 Å². The molecule has 0 spiro atoms. The van der Waals surface area contributed by atoms with Crippen molar-refractivity contribution in [3.8, 4) is 0 Å². The lowest BCUT2D eigenvalue weighted by Crippen LogP contribution is -2.30. The van der Waals surface area contributed by atoms with Gasteiger partial charge in [-0.1, -0.05) is 15.4 Å². The molecule has 1 amide bonds. The van der Waals surface area contributed by atoms with Crippen LogP contribution in [0.4, 0.5) is 0 Å². The summed E-state index contributed by atoms with van der Waals surface area (Å²) in [5, 5.41) is 2.27. The third-order valence-electron chi connectivity index (χ3n) is 2.76. The Hall–Kier alpha value is -2.42. The van der Waals surface area contributed by atoms with Crippen molar-refractivity contribution < 1.29 is 26.2 Å². The van der Waals surface area contributed by atoms with Gasteiger partial charge in [0.2, 0.25) is 0 Å². The number of aromatic nitrogens is 3. The molecule has 0 bridgehead atoms. The number of hydrogen-bond donors (Lipinski definition) is 2. The van der Waals surface area contributed by atoms with Crippen LogP contribution >= 0.6 is 11.7 Å². The van der Waals surface area contributed by atoms with Crippen molar-refractivity contribution in [2.45, 2.75) is 9.99 Å². The summed E-state index contributed by atoms with van der Waals surface area (Å²) in [5.41, 5.74) is 4.80. The molecule has 0 saturated heterocycles. The Bertz CT molecular complexity index is 1150. The summed E-state index contributed by atoms with van der Waals surface area (Å²) in [4.78, 5) is 10.5. The Morgan fingerprint density at radius 1 is 1.17 bits per heavy atom. The molecule has 0 radical (unpaired) electrons. The first-order valence-electron chi connectivity index (χ1n) is 5.97. The molecule has 0 aliphatic carbocycles. The molecule has 3 rings (SSSR count). The lowest BCUT2D eigenvalue weighted by molar-refractivity contribution is 0.0991. The smallest absolute Gasteiger partial charge is 0.290 e. The van der Waals surface area contributed by atoms with Gasteiger partial charge in [-0.15, -0.1) is 0 Å². The van der Waals surface area contributed by atoms with Gasteiger partial charge in [0.15, 0.2) is 5.69 Å². The quantitative estimate of drug-likeness (QED) is 0.579. The maximum atomic E-state index is 12.4. The van der Waals surface area contributed by atoms with Crippen molar-refractivity contribution in [3.05, 3.63) is 30.0 Å². The largest absolute Gasteiger partial charge is 0.364 e. The van der Waals surface area contributed by atoms with Gasteiger partial charge in [0.05, 0.1) is 11.7 Å². The number of amides is 1. The lowest BCUT2D eigenvalue weighted by Gasteiger charge is -2.05. The predicted molar refractivity (Wildman–Crippen MR) is 79.9 cm³/mol. The summed E-state index contributed by atoms with van der Waals surface area (Å²) in [6.07, 6.45) is 0. The number of primary amides is 1. The molecule has 11 nitrogen and oxygen atoms in total. The molecule has 2 heterocycles. The van der Waals surface area contributed by atoms with E-state index in [4.69, 9.17) is 5.73 Å². The molecule has 3 N–H and O–H groups in total. The number of carbonyl (C=O) groups excluding carboxylic acids is 1. The van der Waals surface area contributed by atoms with E-state index in [0.717, 1.165) is 11.7 Å². The fourth-order valence-electron chi connectivity index (χ4n) is 1.73. The van der Waals surface area contributed by atoms with Crippen LogP contribution in [0, 0.1) is 0 Å². The fraction of sp³-hybridized carbons (Fsp3) is 0. The molecular formula is C10H7N5O6S3. The third kappa shape index (κ3) is 2.86. The van der Waals surface area contributed by atoms with E-state index in [0.29, 0.717) is 11.6 Å². The zero-order chi connectivity index (χ0) is 17.5. The first kappa shape index (κ1) is 16.4. The standard InChI is InChI=1S/C10H7N5O6S3/c11-10(16)6-4-8(21-12-6)24(19,20)15-23(17,18)7-3-1-2-5-9(7)14-22-13-5/h1-4,15H,(H2,11,16). The van der Waals surface area contributed by atoms with E-state index in [1.54, 1.807) is 0 Å². The number of nitrogens with zero attached hydrogens (tertiary/aromatic N) is 3. The molecule has 0 unspecified atom stereocenters. The van der Waals surface area contributed by atoms with Gasteiger partial charge in [0, 0.05) is 6.07 Å². The predicted octanol–water partition coefficient (Wildman–Crippen LogP) is -0.555. The number of nitrogens with two attached hydrogens (primary N) is 1.